The highest BCUT2D eigenvalue weighted by Gasteiger charge is 2.26. The number of para-hydroxylation sites is 1. The summed E-state index contributed by atoms with van der Waals surface area (Å²) < 4.78 is 24.5. The van der Waals surface area contributed by atoms with Gasteiger partial charge in [0.25, 0.3) is 0 Å². The second-order valence-electron chi connectivity index (χ2n) is 6.70. The van der Waals surface area contributed by atoms with Crippen LogP contribution in [0.4, 0.5) is 10.1 Å². The number of anilines is 1. The number of rotatable bonds is 5. The van der Waals surface area contributed by atoms with Crippen LogP contribution in [0.15, 0.2) is 40.9 Å². The van der Waals surface area contributed by atoms with Crippen LogP contribution in [-0.4, -0.2) is 24.9 Å². The zero-order valence-corrected chi connectivity index (χ0v) is 14.9. The molecular weight excluding hydrogens is 331 g/mol. The number of fused-ring (bicyclic) bond motifs is 1. The van der Waals surface area contributed by atoms with Gasteiger partial charge in [0.1, 0.15) is 5.82 Å². The molecule has 0 bridgehead atoms. The molecule has 2 aromatic carbocycles. The summed E-state index contributed by atoms with van der Waals surface area (Å²) in [5, 5.41) is 5.15. The first kappa shape index (κ1) is 16.9. The molecule has 1 saturated heterocycles. The van der Waals surface area contributed by atoms with Crippen molar-refractivity contribution in [3.8, 4) is 5.75 Å². The Morgan fingerprint density at radius 2 is 2.15 bits per heavy atom. The van der Waals surface area contributed by atoms with Crippen molar-refractivity contribution in [2.75, 3.05) is 24.6 Å². The van der Waals surface area contributed by atoms with Crippen LogP contribution in [0.3, 0.4) is 0 Å². The van der Waals surface area contributed by atoms with E-state index in [-0.39, 0.29) is 5.82 Å². The molecule has 1 aromatic heterocycles. The molecule has 4 rings (SSSR count). The highest BCUT2D eigenvalue weighted by atomic mass is 19.1. The molecule has 135 valence electrons. The van der Waals surface area contributed by atoms with E-state index in [1.54, 1.807) is 6.07 Å². The molecule has 1 aliphatic rings. The van der Waals surface area contributed by atoms with Crippen molar-refractivity contribution in [3.63, 3.8) is 0 Å². The lowest BCUT2D eigenvalue weighted by Crippen LogP contribution is -2.33. The fourth-order valence-electron chi connectivity index (χ4n) is 3.60. The number of hydrogen-bond donors (Lipinski definition) is 0. The number of piperidine rings is 1. The molecule has 3 aromatic rings. The molecule has 4 nitrogen and oxygen atoms in total. The largest absolute Gasteiger partial charge is 0.491 e. The predicted octanol–water partition coefficient (Wildman–Crippen LogP) is 4.94. The van der Waals surface area contributed by atoms with E-state index in [2.05, 4.69) is 29.1 Å². The van der Waals surface area contributed by atoms with Crippen LogP contribution < -0.4 is 9.64 Å². The van der Waals surface area contributed by atoms with E-state index in [1.807, 2.05) is 12.1 Å². The van der Waals surface area contributed by atoms with Crippen LogP contribution in [0.5, 0.6) is 5.75 Å². The quantitative estimate of drug-likeness (QED) is 0.651. The van der Waals surface area contributed by atoms with Crippen LogP contribution in [-0.2, 0) is 0 Å². The summed E-state index contributed by atoms with van der Waals surface area (Å²) in [4.78, 5) is 2.35. The molecule has 0 unspecified atom stereocenters. The Labute approximate surface area is 152 Å². The van der Waals surface area contributed by atoms with Gasteiger partial charge in [-0.25, -0.2) is 4.39 Å². The minimum absolute atomic E-state index is 0.296. The van der Waals surface area contributed by atoms with Gasteiger partial charge in [-0.15, -0.1) is 0 Å². The monoisotopic (exact) mass is 353 g/mol. The van der Waals surface area contributed by atoms with Gasteiger partial charge in [-0.05, 0) is 37.5 Å². The number of benzene rings is 2. The third-order valence-corrected chi connectivity index (χ3v) is 4.93. The predicted molar refractivity (Wildman–Crippen MR) is 99.2 cm³/mol. The summed E-state index contributed by atoms with van der Waals surface area (Å²) in [5.74, 6) is 0.857. The Kier molecular flexibility index (Phi) is 4.78. The molecule has 1 aliphatic heterocycles. The third-order valence-electron chi connectivity index (χ3n) is 4.93. The lowest BCUT2D eigenvalue weighted by molar-refractivity contribution is 0.316. The first-order valence-corrected chi connectivity index (χ1v) is 9.19. The summed E-state index contributed by atoms with van der Waals surface area (Å²) in [6.45, 7) is 4.63. The fraction of sp³-hybridized carbons (Fsp3) is 0.381. The van der Waals surface area contributed by atoms with Crippen LogP contribution in [0.1, 0.15) is 37.8 Å². The molecule has 1 radical (unpaired) electrons. The first-order valence-electron chi connectivity index (χ1n) is 9.19. The van der Waals surface area contributed by atoms with Crippen LogP contribution in [0.2, 0.25) is 0 Å². The SMILES string of the molecule is CCCOc1[c]cccc1N1CCC(c2noc3cc(F)ccc23)CC1. The molecule has 5 heteroatoms. The van der Waals surface area contributed by atoms with Gasteiger partial charge in [0.05, 0.1) is 18.0 Å². The van der Waals surface area contributed by atoms with E-state index in [1.165, 1.54) is 12.1 Å². The maximum atomic E-state index is 13.3. The second kappa shape index (κ2) is 7.36. The minimum atomic E-state index is -0.296. The van der Waals surface area contributed by atoms with Crippen molar-refractivity contribution in [1.29, 1.82) is 0 Å². The van der Waals surface area contributed by atoms with Crippen molar-refractivity contribution < 1.29 is 13.7 Å². The van der Waals surface area contributed by atoms with Crippen molar-refractivity contribution in [2.45, 2.75) is 32.1 Å². The average Bonchev–Trinajstić information content (AvgIpc) is 3.09. The second-order valence-corrected chi connectivity index (χ2v) is 6.70. The van der Waals surface area contributed by atoms with Gasteiger partial charge in [-0.2, -0.15) is 0 Å². The summed E-state index contributed by atoms with van der Waals surface area (Å²) in [6.07, 6.45) is 2.92. The molecule has 1 fully saturated rings. The summed E-state index contributed by atoms with van der Waals surface area (Å²) >= 11 is 0. The Balaban J connectivity index is 1.49. The number of ether oxygens (including phenoxy) is 1. The standard InChI is InChI=1S/C21H22FN2O2/c1-2-13-25-19-6-4-3-5-18(19)24-11-9-15(10-12-24)21-17-8-7-16(22)14-20(17)26-23-21/h3-5,7-8,14-15H,2,9-13H2,1H3. The van der Waals surface area contributed by atoms with E-state index in [9.17, 15) is 4.39 Å². The fourth-order valence-corrected chi connectivity index (χ4v) is 3.60. The van der Waals surface area contributed by atoms with Crippen molar-refractivity contribution in [1.82, 2.24) is 5.16 Å². The summed E-state index contributed by atoms with van der Waals surface area (Å²) in [7, 11) is 0. The number of nitrogens with zero attached hydrogens (tertiary/aromatic N) is 2. The molecule has 26 heavy (non-hydrogen) atoms. The van der Waals surface area contributed by atoms with Gasteiger partial charge < -0.3 is 14.2 Å². The van der Waals surface area contributed by atoms with E-state index >= 15 is 0 Å². The molecule has 0 aliphatic carbocycles. The highest BCUT2D eigenvalue weighted by molar-refractivity contribution is 5.80. The van der Waals surface area contributed by atoms with Crippen LogP contribution in [0, 0.1) is 11.9 Å². The first-order chi connectivity index (χ1) is 12.8. The third kappa shape index (κ3) is 3.26. The zero-order valence-electron chi connectivity index (χ0n) is 14.9. The van der Waals surface area contributed by atoms with Gasteiger partial charge >= 0.3 is 0 Å². The smallest absolute Gasteiger partial charge is 0.170 e. The number of halogens is 1. The van der Waals surface area contributed by atoms with Crippen molar-refractivity contribution >= 4 is 16.7 Å². The zero-order chi connectivity index (χ0) is 17.9. The Bertz CT molecular complexity index is 885. The topological polar surface area (TPSA) is 38.5 Å². The molecule has 0 spiro atoms. The highest BCUT2D eigenvalue weighted by Crippen LogP contribution is 2.36. The summed E-state index contributed by atoms with van der Waals surface area (Å²) in [5.41, 5.74) is 2.57. The number of hydrogen-bond acceptors (Lipinski definition) is 4. The Morgan fingerprint density at radius 3 is 2.96 bits per heavy atom. The summed E-state index contributed by atoms with van der Waals surface area (Å²) in [6, 6.07) is 13.8. The Hall–Kier alpha value is -2.56. The normalized spacial score (nSPS) is 15.5. The lowest BCUT2D eigenvalue weighted by Gasteiger charge is -2.33. The van der Waals surface area contributed by atoms with Crippen molar-refractivity contribution in [3.05, 3.63) is 54.0 Å². The molecule has 2 heterocycles. The number of aromatic nitrogens is 1. The van der Waals surface area contributed by atoms with E-state index < -0.39 is 0 Å². The Morgan fingerprint density at radius 1 is 1.31 bits per heavy atom. The maximum absolute atomic E-state index is 13.3. The molecule has 0 atom stereocenters. The molecule has 0 amide bonds. The molecule has 0 saturated carbocycles. The van der Waals surface area contributed by atoms with E-state index in [0.717, 1.165) is 54.9 Å². The van der Waals surface area contributed by atoms with E-state index in [4.69, 9.17) is 9.26 Å². The van der Waals surface area contributed by atoms with Crippen molar-refractivity contribution in [2.24, 2.45) is 0 Å². The maximum Gasteiger partial charge on any atom is 0.170 e. The van der Waals surface area contributed by atoms with Gasteiger partial charge in [0.2, 0.25) is 0 Å². The van der Waals surface area contributed by atoms with E-state index in [0.29, 0.717) is 18.1 Å². The lowest BCUT2D eigenvalue weighted by atomic mass is 9.91. The minimum Gasteiger partial charge on any atom is -0.491 e. The molecule has 0 N–H and O–H groups in total. The van der Waals surface area contributed by atoms with Gasteiger partial charge in [-0.1, -0.05) is 24.2 Å². The van der Waals surface area contributed by atoms with Gasteiger partial charge in [0, 0.05) is 36.5 Å². The molecular formula is C21H22FN2O2. The van der Waals surface area contributed by atoms with Gasteiger partial charge in [-0.3, -0.25) is 0 Å². The van der Waals surface area contributed by atoms with Crippen LogP contribution in [0.25, 0.3) is 11.0 Å². The van der Waals surface area contributed by atoms with Crippen LogP contribution >= 0.6 is 0 Å². The van der Waals surface area contributed by atoms with Gasteiger partial charge in [0.15, 0.2) is 11.3 Å². The average molecular weight is 353 g/mol.